The molecule has 57 heavy (non-hydrogen) atoms. The Labute approximate surface area is 337 Å². The van der Waals surface area contributed by atoms with Crippen LogP contribution in [-0.4, -0.2) is 79.9 Å². The topological polar surface area (TPSA) is 224 Å². The summed E-state index contributed by atoms with van der Waals surface area (Å²) in [5, 5.41) is 9.21. The van der Waals surface area contributed by atoms with E-state index in [1.54, 1.807) is 29.2 Å². The zero-order valence-corrected chi connectivity index (χ0v) is 34.8. The molecule has 5 amide bonds. The maximum absolute atomic E-state index is 14.1. The fourth-order valence-corrected chi connectivity index (χ4v) is 8.95. The fourth-order valence-electron chi connectivity index (χ4n) is 8.28. The van der Waals surface area contributed by atoms with Crippen molar-refractivity contribution in [1.29, 1.82) is 0 Å². The summed E-state index contributed by atoms with van der Waals surface area (Å²) in [7, 11) is -4.27. The molecule has 0 radical (unpaired) electrons. The van der Waals surface area contributed by atoms with Crippen LogP contribution >= 0.6 is 7.60 Å². The minimum Gasteiger partial charge on any atom is -0.370 e. The van der Waals surface area contributed by atoms with Gasteiger partial charge in [0.25, 0.3) is 5.91 Å². The summed E-state index contributed by atoms with van der Waals surface area (Å²) in [5.74, 6) is -2.31. The molecular formula is C42H67N6O8P. The lowest BCUT2D eigenvalue weighted by Crippen LogP contribution is -2.58. The summed E-state index contributed by atoms with van der Waals surface area (Å²) in [5.41, 5.74) is 6.64. The van der Waals surface area contributed by atoms with Crippen LogP contribution in [0, 0.1) is 0 Å². The smallest absolute Gasteiger partial charge is 0.329 e. The molecule has 2 saturated heterocycles. The van der Waals surface area contributed by atoms with Gasteiger partial charge in [-0.3, -0.25) is 28.5 Å². The van der Waals surface area contributed by atoms with Crippen molar-refractivity contribution < 1.29 is 38.3 Å². The van der Waals surface area contributed by atoms with Gasteiger partial charge in [-0.1, -0.05) is 109 Å². The molecular weight excluding hydrogens is 747 g/mol. The van der Waals surface area contributed by atoms with Gasteiger partial charge in [-0.05, 0) is 62.3 Å². The van der Waals surface area contributed by atoms with Crippen LogP contribution in [0.1, 0.15) is 164 Å². The quantitative estimate of drug-likeness (QED) is 0.0449. The predicted molar refractivity (Wildman–Crippen MR) is 221 cm³/mol. The second kappa shape index (κ2) is 23.6. The Morgan fingerprint density at radius 1 is 0.877 bits per heavy atom. The molecule has 3 heterocycles. The molecule has 318 valence electrons. The molecule has 0 saturated carbocycles. The molecule has 14 nitrogen and oxygen atoms in total. The van der Waals surface area contributed by atoms with Crippen LogP contribution < -0.4 is 21.7 Å². The zero-order valence-electron chi connectivity index (χ0n) is 33.9. The average molecular weight is 815 g/mol. The number of benzene rings is 1. The molecule has 2 aromatic rings. The van der Waals surface area contributed by atoms with Gasteiger partial charge in [-0.25, -0.2) is 0 Å². The predicted octanol–water partition coefficient (Wildman–Crippen LogP) is 6.23. The number of rotatable bonds is 25. The normalized spacial score (nSPS) is 19.1. The van der Waals surface area contributed by atoms with Gasteiger partial charge in [0.1, 0.15) is 23.8 Å². The summed E-state index contributed by atoms with van der Waals surface area (Å²) in [6.07, 6.45) is 20.5. The first-order valence-corrected chi connectivity index (χ1v) is 23.3. The SMILES string of the molecule is CCCCCCCCCCCCCCCCNC(=O)C(CCC(N)=O)NC(=O)[C@@H]1CCC2CCCC[C@H](NC(=O)c3cc4cc(CP(=O)(O)O)ccc4[nH]3)C(=O)N21. The van der Waals surface area contributed by atoms with Gasteiger partial charge in [-0.2, -0.15) is 0 Å². The van der Waals surface area contributed by atoms with Crippen LogP contribution in [0.3, 0.4) is 0 Å². The molecule has 2 aliphatic rings. The zero-order chi connectivity index (χ0) is 41.2. The largest absolute Gasteiger partial charge is 0.370 e. The van der Waals surface area contributed by atoms with E-state index in [-0.39, 0.29) is 36.4 Å². The van der Waals surface area contributed by atoms with E-state index in [0.29, 0.717) is 48.7 Å². The Bertz CT molecular complexity index is 1680. The van der Waals surface area contributed by atoms with Gasteiger partial charge in [0.2, 0.25) is 23.6 Å². The van der Waals surface area contributed by atoms with Gasteiger partial charge in [0.05, 0.1) is 6.16 Å². The van der Waals surface area contributed by atoms with E-state index in [1.807, 2.05) is 0 Å². The molecule has 1 aromatic heterocycles. The molecule has 2 unspecified atom stereocenters. The van der Waals surface area contributed by atoms with E-state index in [4.69, 9.17) is 5.73 Å². The van der Waals surface area contributed by atoms with Crippen molar-refractivity contribution in [1.82, 2.24) is 25.8 Å². The van der Waals surface area contributed by atoms with Gasteiger partial charge < -0.3 is 41.4 Å². The molecule has 0 aliphatic carbocycles. The number of carbonyl (C=O) groups is 5. The third-order valence-electron chi connectivity index (χ3n) is 11.4. The van der Waals surface area contributed by atoms with Crippen LogP contribution in [0.25, 0.3) is 10.9 Å². The molecule has 4 rings (SSSR count). The standard InChI is InChI=1S/C42H67N6O8P/c1-2-3-4-5-6-7-8-9-10-11-12-13-14-17-26-44-39(50)34(23-25-38(43)49)46-41(52)37-24-21-32-18-15-16-19-35(42(53)48(32)37)47-40(51)36-28-31-27-30(29-57(54,55)56)20-22-33(31)45-36/h20,22,27-28,32,34-35,37,45H,2-19,21,23-26,29H2,1H3,(H2,43,49)(H,44,50)(H,46,52)(H,47,51)(H2,54,55,56)/t32?,34?,35-,37-/m0/s1. The van der Waals surface area contributed by atoms with Crippen LogP contribution in [0.5, 0.6) is 0 Å². The van der Waals surface area contributed by atoms with Gasteiger partial charge in [0, 0.05) is 29.9 Å². The lowest BCUT2D eigenvalue weighted by molar-refractivity contribution is -0.143. The van der Waals surface area contributed by atoms with Crippen molar-refractivity contribution in [3.05, 3.63) is 35.5 Å². The van der Waals surface area contributed by atoms with E-state index in [9.17, 15) is 38.3 Å². The summed E-state index contributed by atoms with van der Waals surface area (Å²) in [6, 6.07) is 3.52. The van der Waals surface area contributed by atoms with E-state index in [0.717, 1.165) is 32.1 Å². The van der Waals surface area contributed by atoms with Crippen molar-refractivity contribution in [3.8, 4) is 0 Å². The van der Waals surface area contributed by atoms with Crippen LogP contribution in [0.2, 0.25) is 0 Å². The number of aromatic nitrogens is 1. The number of nitrogens with one attached hydrogen (secondary N) is 4. The average Bonchev–Trinajstić information content (AvgIpc) is 3.78. The summed E-state index contributed by atoms with van der Waals surface area (Å²) >= 11 is 0. The number of aromatic amines is 1. The number of carbonyl (C=O) groups excluding carboxylic acids is 5. The monoisotopic (exact) mass is 814 g/mol. The highest BCUT2D eigenvalue weighted by Crippen LogP contribution is 2.39. The molecule has 1 aromatic carbocycles. The summed E-state index contributed by atoms with van der Waals surface area (Å²) in [6.45, 7) is 2.71. The van der Waals surface area contributed by atoms with Crippen LogP contribution in [0.15, 0.2) is 24.3 Å². The summed E-state index contributed by atoms with van der Waals surface area (Å²) < 4.78 is 11.5. The number of hydrogen-bond donors (Lipinski definition) is 7. The summed E-state index contributed by atoms with van der Waals surface area (Å²) in [4.78, 5) is 89.7. The van der Waals surface area contributed by atoms with Crippen molar-refractivity contribution >= 4 is 48.0 Å². The Balaban J connectivity index is 1.26. The first-order chi connectivity index (χ1) is 27.4. The number of hydrogen-bond acceptors (Lipinski definition) is 6. The number of unbranched alkanes of at least 4 members (excludes halogenated alkanes) is 13. The van der Waals surface area contributed by atoms with E-state index < -0.39 is 49.6 Å². The Morgan fingerprint density at radius 3 is 2.14 bits per heavy atom. The molecule has 2 fully saturated rings. The Kier molecular flexibility index (Phi) is 19.0. The molecule has 15 heteroatoms. The maximum atomic E-state index is 14.1. The first kappa shape index (κ1) is 46.0. The number of nitrogens with two attached hydrogens (primary N) is 1. The second-order valence-electron chi connectivity index (χ2n) is 16.2. The van der Waals surface area contributed by atoms with Crippen molar-refractivity contribution in [2.75, 3.05) is 6.54 Å². The highest BCUT2D eigenvalue weighted by atomic mass is 31.2. The molecule has 2 aliphatic heterocycles. The van der Waals surface area contributed by atoms with Gasteiger partial charge in [0.15, 0.2) is 0 Å². The van der Waals surface area contributed by atoms with E-state index in [2.05, 4.69) is 27.9 Å². The molecule has 8 N–H and O–H groups in total. The minimum absolute atomic E-state index is 0.0414. The third kappa shape index (κ3) is 15.5. The third-order valence-corrected chi connectivity index (χ3v) is 12.2. The lowest BCUT2D eigenvalue weighted by Gasteiger charge is -2.35. The van der Waals surface area contributed by atoms with Crippen molar-refractivity contribution in [3.63, 3.8) is 0 Å². The van der Waals surface area contributed by atoms with Crippen molar-refractivity contribution in [2.45, 2.75) is 179 Å². The Hall–Kier alpha value is -3.74. The maximum Gasteiger partial charge on any atom is 0.329 e. The molecule has 0 bridgehead atoms. The Morgan fingerprint density at radius 2 is 1.51 bits per heavy atom. The lowest BCUT2D eigenvalue weighted by atomic mass is 9.98. The molecule has 4 atom stereocenters. The minimum atomic E-state index is -4.27. The number of primary amides is 1. The van der Waals surface area contributed by atoms with Crippen molar-refractivity contribution in [2.24, 2.45) is 5.73 Å². The number of nitrogens with zero attached hydrogens (tertiary/aromatic N) is 1. The van der Waals surface area contributed by atoms with Crippen LogP contribution in [-0.2, 0) is 29.9 Å². The first-order valence-electron chi connectivity index (χ1n) is 21.5. The highest BCUT2D eigenvalue weighted by Gasteiger charge is 2.44. The van der Waals surface area contributed by atoms with E-state index >= 15 is 0 Å². The van der Waals surface area contributed by atoms with Gasteiger partial charge in [-0.15, -0.1) is 0 Å². The van der Waals surface area contributed by atoms with E-state index in [1.165, 1.54) is 70.6 Å². The second-order valence-corrected chi connectivity index (χ2v) is 17.8. The fraction of sp³-hybridized carbons (Fsp3) is 0.690. The van der Waals surface area contributed by atoms with Gasteiger partial charge >= 0.3 is 7.60 Å². The van der Waals surface area contributed by atoms with Crippen LogP contribution in [0.4, 0.5) is 0 Å². The number of amides is 5. The highest BCUT2D eigenvalue weighted by molar-refractivity contribution is 7.50. The number of H-pyrrole nitrogens is 1. The molecule has 0 spiro atoms. The number of fused-ring (bicyclic) bond motifs is 2.